The average molecular weight is 421 g/mol. The molecule has 1 heterocycles. The molecule has 0 N–H and O–H groups in total. The molecule has 1 saturated heterocycles. The Balaban J connectivity index is 2.11. The third-order valence-corrected chi connectivity index (χ3v) is 5.55. The van der Waals surface area contributed by atoms with E-state index in [9.17, 15) is 35.6 Å². The Labute approximate surface area is 175 Å². The summed E-state index contributed by atoms with van der Waals surface area (Å²) in [5.41, 5.74) is 0.166. The molecule has 0 amide bonds. The van der Waals surface area contributed by atoms with Gasteiger partial charge in [0.15, 0.2) is 0 Å². The van der Waals surface area contributed by atoms with E-state index < -0.39 is 26.1 Å². The van der Waals surface area contributed by atoms with Gasteiger partial charge in [0.1, 0.15) is 11.8 Å². The molecule has 0 radical (unpaired) electrons. The molecule has 0 bridgehead atoms. The lowest BCUT2D eigenvalue weighted by molar-refractivity contribution is -0.393. The molecule has 156 valence electrons. The number of non-ortho nitro benzene ring substituents is 2. The highest BCUT2D eigenvalue weighted by Gasteiger charge is 2.37. The van der Waals surface area contributed by atoms with Crippen LogP contribution in [0.25, 0.3) is 16.7 Å². The molecule has 11 nitrogen and oxygen atoms in total. The molecule has 0 spiro atoms. The molecule has 11 heteroatoms. The first-order valence-corrected chi connectivity index (χ1v) is 9.49. The van der Waals surface area contributed by atoms with Gasteiger partial charge >= 0.3 is 0 Å². The maximum Gasteiger partial charge on any atom is 0.284 e. The fraction of sp³-hybridized carbons (Fsp3) is 0.250. The van der Waals surface area contributed by atoms with Crippen molar-refractivity contribution in [2.24, 2.45) is 0 Å². The quantitative estimate of drug-likeness (QED) is 0.345. The van der Waals surface area contributed by atoms with Crippen LogP contribution in [-0.2, 0) is 0 Å². The van der Waals surface area contributed by atoms with Crippen molar-refractivity contribution in [1.82, 2.24) is 4.90 Å². The van der Waals surface area contributed by atoms with E-state index in [-0.39, 0.29) is 33.6 Å². The smallest absolute Gasteiger partial charge is 0.284 e. The van der Waals surface area contributed by atoms with Crippen LogP contribution in [0.3, 0.4) is 0 Å². The summed E-state index contributed by atoms with van der Waals surface area (Å²) >= 11 is 0. The molecule has 2 aromatic carbocycles. The van der Waals surface area contributed by atoms with E-state index in [1.807, 2.05) is 4.90 Å². The van der Waals surface area contributed by atoms with E-state index in [0.29, 0.717) is 18.7 Å². The Morgan fingerprint density at radius 2 is 1.48 bits per heavy atom. The standard InChI is InChI=1S/C20H15N5O6/c21-11-18(22-6-2-1-3-7-22)20-15-8-12(23(26)27)4-5-14(15)19-16(20)9-13(24(28)29)10-17(19)25(30)31/h4-5,8-10H,1-3,6-7H2/b20-18+. The Morgan fingerprint density at radius 3 is 2.06 bits per heavy atom. The van der Waals surface area contributed by atoms with Crippen LogP contribution in [-0.4, -0.2) is 32.8 Å². The summed E-state index contributed by atoms with van der Waals surface area (Å²) in [6, 6.07) is 8.10. The summed E-state index contributed by atoms with van der Waals surface area (Å²) < 4.78 is 0. The third-order valence-electron chi connectivity index (χ3n) is 5.55. The first kappa shape index (κ1) is 20.0. The first-order valence-electron chi connectivity index (χ1n) is 9.49. The minimum atomic E-state index is -0.733. The second kappa shape index (κ2) is 7.49. The minimum Gasteiger partial charge on any atom is -0.363 e. The maximum atomic E-state index is 11.8. The van der Waals surface area contributed by atoms with Gasteiger partial charge in [0.25, 0.3) is 17.1 Å². The number of hydrogen-bond acceptors (Lipinski definition) is 8. The van der Waals surface area contributed by atoms with E-state index in [1.54, 1.807) is 0 Å². The van der Waals surface area contributed by atoms with E-state index in [1.165, 1.54) is 24.3 Å². The largest absolute Gasteiger partial charge is 0.363 e. The van der Waals surface area contributed by atoms with Crippen LogP contribution < -0.4 is 0 Å². The Hall–Kier alpha value is -4.33. The SMILES string of the molecule is N#C/C(=C1/c2cc([N+](=O)[O-])ccc2-c2c1cc([N+](=O)[O-])cc2[N+](=O)[O-])N1CCCCC1. The van der Waals surface area contributed by atoms with Crippen LogP contribution in [0.4, 0.5) is 17.1 Å². The van der Waals surface area contributed by atoms with Crippen molar-refractivity contribution in [3.8, 4) is 17.2 Å². The number of hydrogen-bond donors (Lipinski definition) is 0. The predicted molar refractivity (Wildman–Crippen MR) is 109 cm³/mol. The topological polar surface area (TPSA) is 156 Å². The summed E-state index contributed by atoms with van der Waals surface area (Å²) in [6.07, 6.45) is 2.70. The summed E-state index contributed by atoms with van der Waals surface area (Å²) in [6.45, 7) is 1.17. The monoisotopic (exact) mass is 421 g/mol. The van der Waals surface area contributed by atoms with Crippen LogP contribution >= 0.6 is 0 Å². The lowest BCUT2D eigenvalue weighted by atomic mass is 9.99. The fourth-order valence-electron chi connectivity index (χ4n) is 4.21. The molecular weight excluding hydrogens is 406 g/mol. The highest BCUT2D eigenvalue weighted by Crippen LogP contribution is 2.52. The molecule has 2 aliphatic rings. The Bertz CT molecular complexity index is 1220. The van der Waals surface area contributed by atoms with Gasteiger partial charge in [-0.3, -0.25) is 30.3 Å². The number of nitriles is 1. The minimum absolute atomic E-state index is 0.125. The highest BCUT2D eigenvalue weighted by molar-refractivity contribution is 6.06. The molecule has 1 fully saturated rings. The van der Waals surface area contributed by atoms with Crippen molar-refractivity contribution in [2.45, 2.75) is 19.3 Å². The summed E-state index contributed by atoms with van der Waals surface area (Å²) in [7, 11) is 0. The second-order valence-electron chi connectivity index (χ2n) is 7.27. The van der Waals surface area contributed by atoms with Gasteiger partial charge in [0.2, 0.25) is 0 Å². The fourth-order valence-corrected chi connectivity index (χ4v) is 4.21. The number of rotatable bonds is 4. The summed E-state index contributed by atoms with van der Waals surface area (Å²) in [5, 5.41) is 44.5. The van der Waals surface area contributed by atoms with Gasteiger partial charge in [-0.25, -0.2) is 0 Å². The summed E-state index contributed by atoms with van der Waals surface area (Å²) in [4.78, 5) is 34.3. The van der Waals surface area contributed by atoms with E-state index in [2.05, 4.69) is 6.07 Å². The number of piperidine rings is 1. The van der Waals surface area contributed by atoms with Crippen LogP contribution in [0.15, 0.2) is 36.0 Å². The molecule has 1 aliphatic heterocycles. The van der Waals surface area contributed by atoms with Crippen molar-refractivity contribution in [3.63, 3.8) is 0 Å². The molecule has 1 aliphatic carbocycles. The second-order valence-corrected chi connectivity index (χ2v) is 7.27. The van der Waals surface area contributed by atoms with Crippen molar-refractivity contribution in [2.75, 3.05) is 13.1 Å². The number of benzene rings is 2. The summed E-state index contributed by atoms with van der Waals surface area (Å²) in [5.74, 6) is 0. The number of fused-ring (bicyclic) bond motifs is 3. The first-order chi connectivity index (χ1) is 14.8. The zero-order valence-electron chi connectivity index (χ0n) is 16.1. The predicted octanol–water partition coefficient (Wildman–Crippen LogP) is 4.16. The maximum absolute atomic E-state index is 11.8. The Kier molecular flexibility index (Phi) is 4.82. The Morgan fingerprint density at radius 1 is 0.839 bits per heavy atom. The van der Waals surface area contributed by atoms with Crippen LogP contribution in [0.2, 0.25) is 0 Å². The van der Waals surface area contributed by atoms with Gasteiger partial charge in [-0.15, -0.1) is 0 Å². The normalized spacial score (nSPS) is 16.2. The highest BCUT2D eigenvalue weighted by atomic mass is 16.6. The number of allylic oxidation sites excluding steroid dienone is 1. The average Bonchev–Trinajstić information content (AvgIpc) is 3.08. The number of likely N-dealkylation sites (tertiary alicyclic amines) is 1. The van der Waals surface area contributed by atoms with Gasteiger partial charge in [0.05, 0.1) is 26.4 Å². The lowest BCUT2D eigenvalue weighted by Crippen LogP contribution is -2.29. The lowest BCUT2D eigenvalue weighted by Gasteiger charge is -2.29. The van der Waals surface area contributed by atoms with E-state index in [4.69, 9.17) is 0 Å². The molecule has 0 aromatic heterocycles. The van der Waals surface area contributed by atoms with E-state index in [0.717, 1.165) is 25.3 Å². The molecule has 0 atom stereocenters. The van der Waals surface area contributed by atoms with Gasteiger partial charge in [-0.05, 0) is 30.9 Å². The van der Waals surface area contributed by atoms with Gasteiger partial charge < -0.3 is 4.90 Å². The molecule has 31 heavy (non-hydrogen) atoms. The van der Waals surface area contributed by atoms with Gasteiger partial charge in [-0.2, -0.15) is 5.26 Å². The molecule has 0 unspecified atom stereocenters. The third kappa shape index (κ3) is 3.24. The van der Waals surface area contributed by atoms with Crippen LogP contribution in [0, 0.1) is 41.7 Å². The zero-order chi connectivity index (χ0) is 22.3. The van der Waals surface area contributed by atoms with Crippen molar-refractivity contribution in [1.29, 1.82) is 5.26 Å². The van der Waals surface area contributed by atoms with Crippen molar-refractivity contribution in [3.05, 3.63) is 77.5 Å². The van der Waals surface area contributed by atoms with E-state index >= 15 is 0 Å². The van der Waals surface area contributed by atoms with Crippen LogP contribution in [0.5, 0.6) is 0 Å². The van der Waals surface area contributed by atoms with Gasteiger partial charge in [-0.1, -0.05) is 0 Å². The number of nitrogens with zero attached hydrogens (tertiary/aromatic N) is 5. The number of nitro groups is 3. The van der Waals surface area contributed by atoms with Crippen LogP contribution in [0.1, 0.15) is 30.4 Å². The number of nitro benzene ring substituents is 3. The van der Waals surface area contributed by atoms with Gasteiger partial charge in [0, 0.05) is 48.0 Å². The zero-order valence-corrected chi connectivity index (χ0v) is 16.1. The molecular formula is C20H15N5O6. The van der Waals surface area contributed by atoms with Crippen molar-refractivity contribution < 1.29 is 14.8 Å². The molecule has 0 saturated carbocycles. The molecule has 4 rings (SSSR count). The van der Waals surface area contributed by atoms with Crippen molar-refractivity contribution >= 4 is 22.6 Å². The molecule has 2 aromatic rings.